The van der Waals surface area contributed by atoms with Gasteiger partial charge in [0.25, 0.3) is 0 Å². The molecule has 0 spiro atoms. The predicted octanol–water partition coefficient (Wildman–Crippen LogP) is 3.07. The average molecular weight is 335 g/mol. The van der Waals surface area contributed by atoms with Gasteiger partial charge in [-0.1, -0.05) is 30.3 Å². The molecule has 0 unspecified atom stereocenters. The maximum atomic E-state index is 12.4. The quantitative estimate of drug-likeness (QED) is 0.874. The van der Waals surface area contributed by atoms with E-state index in [0.717, 1.165) is 25.1 Å². The fraction of sp³-hybridized carbons (Fsp3) is 0.250. The Hall–Kier alpha value is -2.95. The Morgan fingerprint density at radius 1 is 1.20 bits per heavy atom. The molecule has 0 saturated carbocycles. The molecule has 1 aliphatic heterocycles. The van der Waals surface area contributed by atoms with Crippen LogP contribution in [0, 0.1) is 0 Å². The number of hydrogen-bond donors (Lipinski definition) is 1. The van der Waals surface area contributed by atoms with Gasteiger partial charge in [0, 0.05) is 38.2 Å². The van der Waals surface area contributed by atoms with Crippen molar-refractivity contribution in [1.29, 1.82) is 0 Å². The topological polar surface area (TPSA) is 62.3 Å². The molecule has 2 amide bonds. The summed E-state index contributed by atoms with van der Waals surface area (Å²) in [4.78, 5) is 29.4. The minimum atomic E-state index is -0.159. The van der Waals surface area contributed by atoms with Gasteiger partial charge in [0.1, 0.15) is 5.82 Å². The summed E-state index contributed by atoms with van der Waals surface area (Å²) in [5.41, 5.74) is 2.11. The molecule has 1 atom stereocenters. The van der Waals surface area contributed by atoms with Gasteiger partial charge >= 0.3 is 0 Å². The van der Waals surface area contributed by atoms with Crippen molar-refractivity contribution in [3.8, 4) is 0 Å². The lowest BCUT2D eigenvalue weighted by atomic mass is 9.99. The van der Waals surface area contributed by atoms with Gasteiger partial charge in [-0.3, -0.25) is 9.59 Å². The fourth-order valence-corrected chi connectivity index (χ4v) is 2.99. The van der Waals surface area contributed by atoms with Crippen molar-refractivity contribution in [3.05, 3.63) is 65.9 Å². The number of benzene rings is 1. The normalized spacial score (nSPS) is 17.0. The Labute approximate surface area is 147 Å². The van der Waals surface area contributed by atoms with E-state index in [1.54, 1.807) is 24.4 Å². The van der Waals surface area contributed by atoms with Crippen molar-refractivity contribution < 1.29 is 9.59 Å². The van der Waals surface area contributed by atoms with Crippen molar-refractivity contribution in [2.45, 2.75) is 19.3 Å². The highest BCUT2D eigenvalue weighted by atomic mass is 16.2. The highest BCUT2D eigenvalue weighted by Gasteiger charge is 2.25. The molecule has 1 saturated heterocycles. The lowest BCUT2D eigenvalue weighted by Gasteiger charge is -2.14. The van der Waals surface area contributed by atoms with Gasteiger partial charge in [-0.05, 0) is 35.8 Å². The van der Waals surface area contributed by atoms with E-state index in [4.69, 9.17) is 0 Å². The Balaban J connectivity index is 1.57. The van der Waals surface area contributed by atoms with Crippen LogP contribution in [0.3, 0.4) is 0 Å². The van der Waals surface area contributed by atoms with Crippen LogP contribution in [0.4, 0.5) is 5.82 Å². The zero-order valence-electron chi connectivity index (χ0n) is 14.2. The fourth-order valence-electron chi connectivity index (χ4n) is 2.99. The van der Waals surface area contributed by atoms with Gasteiger partial charge in [-0.25, -0.2) is 4.98 Å². The first kappa shape index (κ1) is 16.9. The van der Waals surface area contributed by atoms with Gasteiger partial charge in [0.2, 0.25) is 11.8 Å². The zero-order chi connectivity index (χ0) is 17.6. The van der Waals surface area contributed by atoms with Crippen LogP contribution in [0.2, 0.25) is 0 Å². The molecule has 2 aromatic rings. The second kappa shape index (κ2) is 7.75. The zero-order valence-corrected chi connectivity index (χ0v) is 14.2. The van der Waals surface area contributed by atoms with E-state index in [0.29, 0.717) is 11.7 Å². The number of anilines is 1. The minimum Gasteiger partial charge on any atom is -0.339 e. The molecular formula is C20H21N3O2. The molecule has 5 heteroatoms. The third-order valence-electron chi connectivity index (χ3n) is 4.28. The molecule has 1 aromatic carbocycles. The van der Waals surface area contributed by atoms with E-state index >= 15 is 0 Å². The van der Waals surface area contributed by atoms with E-state index in [1.807, 2.05) is 29.2 Å². The minimum absolute atomic E-state index is 0.0179. The van der Waals surface area contributed by atoms with Crippen molar-refractivity contribution >= 4 is 23.7 Å². The van der Waals surface area contributed by atoms with Gasteiger partial charge < -0.3 is 10.2 Å². The molecule has 25 heavy (non-hydrogen) atoms. The molecule has 1 fully saturated rings. The monoisotopic (exact) mass is 335 g/mol. The number of nitrogens with zero attached hydrogens (tertiary/aromatic N) is 2. The molecule has 0 radical (unpaired) electrons. The molecule has 2 heterocycles. The van der Waals surface area contributed by atoms with Gasteiger partial charge in [-0.15, -0.1) is 0 Å². The first-order valence-electron chi connectivity index (χ1n) is 8.37. The number of carbonyl (C=O) groups excluding carboxylic acids is 2. The standard InChI is InChI=1S/C20H21N3O2/c1-15(24)22-19-9-7-16(13-21-19)8-10-20(25)23-12-11-18(14-23)17-5-3-2-4-6-17/h2-10,13,18H,11-12,14H2,1H3,(H,21,22,24)/b10-8+/t18-/m0/s1. The van der Waals surface area contributed by atoms with Crippen LogP contribution >= 0.6 is 0 Å². The van der Waals surface area contributed by atoms with E-state index in [1.165, 1.54) is 12.5 Å². The number of hydrogen-bond acceptors (Lipinski definition) is 3. The molecule has 1 N–H and O–H groups in total. The molecule has 0 bridgehead atoms. The van der Waals surface area contributed by atoms with Gasteiger partial charge in [-0.2, -0.15) is 0 Å². The smallest absolute Gasteiger partial charge is 0.246 e. The van der Waals surface area contributed by atoms with Crippen LogP contribution in [0.25, 0.3) is 6.08 Å². The molecule has 5 nitrogen and oxygen atoms in total. The summed E-state index contributed by atoms with van der Waals surface area (Å²) in [5.74, 6) is 0.774. The second-order valence-corrected chi connectivity index (χ2v) is 6.17. The summed E-state index contributed by atoms with van der Waals surface area (Å²) >= 11 is 0. The third kappa shape index (κ3) is 4.53. The predicted molar refractivity (Wildman–Crippen MR) is 98.0 cm³/mol. The third-order valence-corrected chi connectivity index (χ3v) is 4.28. The summed E-state index contributed by atoms with van der Waals surface area (Å²) < 4.78 is 0. The summed E-state index contributed by atoms with van der Waals surface area (Å²) in [6.07, 6.45) is 5.97. The lowest BCUT2D eigenvalue weighted by Crippen LogP contribution is -2.26. The number of nitrogens with one attached hydrogen (secondary N) is 1. The van der Waals surface area contributed by atoms with Crippen LogP contribution in [0.5, 0.6) is 0 Å². The van der Waals surface area contributed by atoms with Crippen LogP contribution < -0.4 is 5.32 Å². The van der Waals surface area contributed by atoms with Crippen LogP contribution in [0.1, 0.15) is 30.4 Å². The summed E-state index contributed by atoms with van der Waals surface area (Å²) in [5, 5.41) is 2.61. The maximum absolute atomic E-state index is 12.4. The Bertz CT molecular complexity index is 769. The van der Waals surface area contributed by atoms with E-state index in [-0.39, 0.29) is 11.8 Å². The first-order valence-corrected chi connectivity index (χ1v) is 8.37. The first-order chi connectivity index (χ1) is 12.1. The number of carbonyl (C=O) groups is 2. The van der Waals surface area contributed by atoms with Crippen molar-refractivity contribution in [1.82, 2.24) is 9.88 Å². The number of likely N-dealkylation sites (tertiary alicyclic amines) is 1. The SMILES string of the molecule is CC(=O)Nc1ccc(/C=C/C(=O)N2CC[C@H](c3ccccc3)C2)cn1. The second-order valence-electron chi connectivity index (χ2n) is 6.17. The average Bonchev–Trinajstić information content (AvgIpc) is 3.11. The Morgan fingerprint density at radius 3 is 2.68 bits per heavy atom. The largest absolute Gasteiger partial charge is 0.339 e. The summed E-state index contributed by atoms with van der Waals surface area (Å²) in [6, 6.07) is 13.9. The highest BCUT2D eigenvalue weighted by Crippen LogP contribution is 2.27. The van der Waals surface area contributed by atoms with Crippen LogP contribution in [0.15, 0.2) is 54.7 Å². The number of rotatable bonds is 4. The molecular weight excluding hydrogens is 314 g/mol. The number of pyridine rings is 1. The Morgan fingerprint density at radius 2 is 2.00 bits per heavy atom. The molecule has 1 aliphatic rings. The van der Waals surface area contributed by atoms with Crippen LogP contribution in [-0.4, -0.2) is 34.8 Å². The lowest BCUT2D eigenvalue weighted by molar-refractivity contribution is -0.125. The number of amides is 2. The summed E-state index contributed by atoms with van der Waals surface area (Å²) in [7, 11) is 0. The molecule has 0 aliphatic carbocycles. The Kier molecular flexibility index (Phi) is 5.23. The van der Waals surface area contributed by atoms with Gasteiger partial charge in [0.15, 0.2) is 0 Å². The van der Waals surface area contributed by atoms with Gasteiger partial charge in [0.05, 0.1) is 0 Å². The van der Waals surface area contributed by atoms with E-state index < -0.39 is 0 Å². The van der Waals surface area contributed by atoms with Crippen LogP contribution in [-0.2, 0) is 9.59 Å². The molecule has 3 rings (SSSR count). The maximum Gasteiger partial charge on any atom is 0.246 e. The van der Waals surface area contributed by atoms with E-state index in [2.05, 4.69) is 22.4 Å². The number of aromatic nitrogens is 1. The summed E-state index contributed by atoms with van der Waals surface area (Å²) in [6.45, 7) is 2.97. The highest BCUT2D eigenvalue weighted by molar-refractivity contribution is 5.92. The molecule has 1 aromatic heterocycles. The van der Waals surface area contributed by atoms with Crippen molar-refractivity contribution in [2.24, 2.45) is 0 Å². The molecule has 128 valence electrons. The van der Waals surface area contributed by atoms with E-state index in [9.17, 15) is 9.59 Å². The van der Waals surface area contributed by atoms with Crippen molar-refractivity contribution in [3.63, 3.8) is 0 Å². The van der Waals surface area contributed by atoms with Crippen molar-refractivity contribution in [2.75, 3.05) is 18.4 Å².